The van der Waals surface area contributed by atoms with Gasteiger partial charge in [0.25, 0.3) is 0 Å². The molecule has 1 aliphatic heterocycles. The monoisotopic (exact) mass is 256 g/mol. The normalized spacial score (nSPS) is 21.5. The van der Waals surface area contributed by atoms with Crippen LogP contribution in [0.15, 0.2) is 0 Å². The van der Waals surface area contributed by atoms with Crippen molar-refractivity contribution in [1.29, 1.82) is 0 Å². The van der Waals surface area contributed by atoms with E-state index in [-0.39, 0.29) is 19.6 Å². The zero-order valence-electron chi connectivity index (χ0n) is 8.65. The second-order valence-electron chi connectivity index (χ2n) is 3.56. The van der Waals surface area contributed by atoms with Gasteiger partial charge in [-0.15, -0.1) is 0 Å². The van der Waals surface area contributed by atoms with Gasteiger partial charge in [-0.1, -0.05) is 0 Å². The Hall–Kier alpha value is -1.51. The number of halogens is 3. The maximum Gasteiger partial charge on any atom is 0.471 e. The molecular formula is C8H11F3N2O4. The van der Waals surface area contributed by atoms with E-state index in [4.69, 9.17) is 10.2 Å². The van der Waals surface area contributed by atoms with Crippen LogP contribution < -0.4 is 0 Å². The lowest BCUT2D eigenvalue weighted by atomic mass is 10.2. The van der Waals surface area contributed by atoms with Crippen molar-refractivity contribution in [2.45, 2.75) is 12.2 Å². The molecule has 1 saturated heterocycles. The van der Waals surface area contributed by atoms with Crippen LogP contribution in [0.3, 0.4) is 0 Å². The summed E-state index contributed by atoms with van der Waals surface area (Å²) in [6.45, 7) is -1.62. The Kier molecular flexibility index (Phi) is 3.81. The molecule has 0 spiro atoms. The predicted octanol–water partition coefficient (Wildman–Crippen LogP) is -0.268. The Balaban J connectivity index is 2.76. The van der Waals surface area contributed by atoms with Crippen LogP contribution in [0.2, 0.25) is 0 Å². The molecule has 1 aliphatic rings. The van der Waals surface area contributed by atoms with Crippen molar-refractivity contribution < 1.29 is 33.0 Å². The summed E-state index contributed by atoms with van der Waals surface area (Å²) < 4.78 is 36.6. The van der Waals surface area contributed by atoms with Gasteiger partial charge < -0.3 is 20.0 Å². The van der Waals surface area contributed by atoms with E-state index in [1.54, 1.807) is 0 Å². The van der Waals surface area contributed by atoms with Crippen molar-refractivity contribution in [3.8, 4) is 0 Å². The molecule has 0 aromatic rings. The Morgan fingerprint density at radius 1 is 1.29 bits per heavy atom. The van der Waals surface area contributed by atoms with Crippen molar-refractivity contribution in [1.82, 2.24) is 9.80 Å². The Bertz CT molecular complexity index is 320. The number of alkyl halides is 3. The first-order valence-corrected chi connectivity index (χ1v) is 4.74. The number of carbonyl (C=O) groups is 2. The van der Waals surface area contributed by atoms with Crippen LogP contribution in [0.1, 0.15) is 0 Å². The molecule has 1 fully saturated rings. The van der Waals surface area contributed by atoms with Gasteiger partial charge in [-0.05, 0) is 0 Å². The smallest absolute Gasteiger partial charge is 0.465 e. The molecular weight excluding hydrogens is 245 g/mol. The van der Waals surface area contributed by atoms with E-state index >= 15 is 0 Å². The Labute approximate surface area is 94.2 Å². The molecule has 9 heteroatoms. The summed E-state index contributed by atoms with van der Waals surface area (Å²) >= 11 is 0. The zero-order valence-corrected chi connectivity index (χ0v) is 8.65. The molecule has 0 radical (unpaired) electrons. The van der Waals surface area contributed by atoms with Crippen molar-refractivity contribution in [3.05, 3.63) is 0 Å². The minimum atomic E-state index is -5.02. The molecule has 1 atom stereocenters. The van der Waals surface area contributed by atoms with E-state index in [0.29, 0.717) is 4.90 Å². The topological polar surface area (TPSA) is 81.1 Å². The van der Waals surface area contributed by atoms with Crippen LogP contribution in [0.5, 0.6) is 0 Å². The number of hydrogen-bond acceptors (Lipinski definition) is 3. The maximum absolute atomic E-state index is 12.2. The number of hydrogen-bond donors (Lipinski definition) is 2. The highest BCUT2D eigenvalue weighted by Gasteiger charge is 2.46. The average molecular weight is 256 g/mol. The minimum Gasteiger partial charge on any atom is -0.465 e. The third-order valence-electron chi connectivity index (χ3n) is 2.47. The number of aliphatic hydroxyl groups excluding tert-OH is 1. The maximum atomic E-state index is 12.2. The molecule has 1 heterocycles. The molecule has 17 heavy (non-hydrogen) atoms. The van der Waals surface area contributed by atoms with Crippen LogP contribution in [-0.4, -0.2) is 70.5 Å². The Morgan fingerprint density at radius 3 is 2.29 bits per heavy atom. The van der Waals surface area contributed by atoms with Crippen molar-refractivity contribution in [2.75, 3.05) is 26.2 Å². The summed E-state index contributed by atoms with van der Waals surface area (Å²) in [5, 5.41) is 17.5. The molecule has 0 aromatic carbocycles. The highest BCUT2D eigenvalue weighted by Crippen LogP contribution is 2.22. The number of amides is 2. The molecule has 0 aliphatic carbocycles. The number of rotatable bonds is 1. The third kappa shape index (κ3) is 2.99. The summed E-state index contributed by atoms with van der Waals surface area (Å²) in [5.74, 6) is -2.05. The first-order valence-electron chi connectivity index (χ1n) is 4.74. The summed E-state index contributed by atoms with van der Waals surface area (Å²) in [7, 11) is 0. The lowest BCUT2D eigenvalue weighted by Crippen LogP contribution is -2.60. The molecule has 0 bridgehead atoms. The standard InChI is InChI=1S/C8H11F3N2O4/c9-8(10,11)6(15)13-2-1-12(7(16)17)3-5(13)4-14/h5,14H,1-4H2,(H,16,17)/t5-/m1/s1. The molecule has 0 aromatic heterocycles. The van der Waals surface area contributed by atoms with Gasteiger partial charge >= 0.3 is 18.2 Å². The molecule has 6 nitrogen and oxygen atoms in total. The molecule has 0 unspecified atom stereocenters. The number of carbonyl (C=O) groups excluding carboxylic acids is 1. The lowest BCUT2D eigenvalue weighted by Gasteiger charge is -2.39. The third-order valence-corrected chi connectivity index (χ3v) is 2.47. The summed E-state index contributed by atoms with van der Waals surface area (Å²) in [4.78, 5) is 22.9. The SMILES string of the molecule is O=C(O)N1CCN(C(=O)C(F)(F)F)[C@@H](CO)C1. The van der Waals surface area contributed by atoms with Gasteiger partial charge in [-0.3, -0.25) is 4.79 Å². The fourth-order valence-corrected chi connectivity index (χ4v) is 1.62. The van der Waals surface area contributed by atoms with Crippen molar-refractivity contribution in [3.63, 3.8) is 0 Å². The van der Waals surface area contributed by atoms with Gasteiger partial charge in [-0.25, -0.2) is 4.79 Å². The molecule has 98 valence electrons. The van der Waals surface area contributed by atoms with Crippen LogP contribution in [0.4, 0.5) is 18.0 Å². The van der Waals surface area contributed by atoms with Crippen molar-refractivity contribution in [2.24, 2.45) is 0 Å². The van der Waals surface area contributed by atoms with E-state index < -0.39 is 30.8 Å². The highest BCUT2D eigenvalue weighted by molar-refractivity contribution is 5.82. The van der Waals surface area contributed by atoms with Crippen LogP contribution in [0.25, 0.3) is 0 Å². The fourth-order valence-electron chi connectivity index (χ4n) is 1.62. The summed E-state index contributed by atoms with van der Waals surface area (Å²) in [6.07, 6.45) is -6.30. The lowest BCUT2D eigenvalue weighted by molar-refractivity contribution is -0.190. The zero-order chi connectivity index (χ0) is 13.2. The molecule has 2 amide bonds. The molecule has 1 rings (SSSR count). The van der Waals surface area contributed by atoms with Crippen LogP contribution in [0, 0.1) is 0 Å². The van der Waals surface area contributed by atoms with Gasteiger partial charge in [0.15, 0.2) is 0 Å². The van der Waals surface area contributed by atoms with E-state index in [0.717, 1.165) is 4.90 Å². The first kappa shape index (κ1) is 13.6. The second-order valence-corrected chi connectivity index (χ2v) is 3.56. The van der Waals surface area contributed by atoms with Crippen LogP contribution >= 0.6 is 0 Å². The van der Waals surface area contributed by atoms with E-state index in [2.05, 4.69) is 0 Å². The van der Waals surface area contributed by atoms with Gasteiger partial charge in [0.1, 0.15) is 0 Å². The minimum absolute atomic E-state index is 0.201. The summed E-state index contributed by atoms with van der Waals surface area (Å²) in [5.41, 5.74) is 0. The largest absolute Gasteiger partial charge is 0.471 e. The number of carboxylic acid groups (broad SMARTS) is 1. The van der Waals surface area contributed by atoms with E-state index in [1.165, 1.54) is 0 Å². The van der Waals surface area contributed by atoms with Gasteiger partial charge in [-0.2, -0.15) is 13.2 Å². The van der Waals surface area contributed by atoms with Gasteiger partial charge in [0.2, 0.25) is 0 Å². The predicted molar refractivity (Wildman–Crippen MR) is 48.2 cm³/mol. The number of nitrogens with zero attached hydrogens (tertiary/aromatic N) is 2. The second kappa shape index (κ2) is 4.78. The summed E-state index contributed by atoms with van der Waals surface area (Å²) in [6, 6.07) is -1.16. The molecule has 0 saturated carbocycles. The van der Waals surface area contributed by atoms with Gasteiger partial charge in [0.05, 0.1) is 12.6 Å². The first-order chi connectivity index (χ1) is 7.77. The van der Waals surface area contributed by atoms with Crippen molar-refractivity contribution >= 4 is 12.0 Å². The highest BCUT2D eigenvalue weighted by atomic mass is 19.4. The number of aliphatic hydroxyl groups is 1. The Morgan fingerprint density at radius 2 is 1.88 bits per heavy atom. The number of piperazine rings is 1. The average Bonchev–Trinajstić information content (AvgIpc) is 2.25. The fraction of sp³-hybridized carbons (Fsp3) is 0.750. The quantitative estimate of drug-likeness (QED) is 0.676. The van der Waals surface area contributed by atoms with Gasteiger partial charge in [0, 0.05) is 19.6 Å². The van der Waals surface area contributed by atoms with E-state index in [1.807, 2.05) is 0 Å². The molecule has 2 N–H and O–H groups in total. The van der Waals surface area contributed by atoms with E-state index in [9.17, 15) is 22.8 Å². The van der Waals surface area contributed by atoms with Crippen LogP contribution in [-0.2, 0) is 4.79 Å².